The maximum absolute atomic E-state index is 12.1. The van der Waals surface area contributed by atoms with Crippen LogP contribution in [0.4, 0.5) is 5.69 Å². The van der Waals surface area contributed by atoms with E-state index in [2.05, 4.69) is 15.3 Å². The molecule has 0 amide bonds. The van der Waals surface area contributed by atoms with Gasteiger partial charge in [0.25, 0.3) is 0 Å². The molecule has 0 atom stereocenters. The zero-order valence-electron chi connectivity index (χ0n) is 11.6. The van der Waals surface area contributed by atoms with E-state index >= 15 is 0 Å². The lowest BCUT2D eigenvalue weighted by molar-refractivity contribution is 0.0527. The summed E-state index contributed by atoms with van der Waals surface area (Å²) in [5.41, 5.74) is 2.16. The third-order valence-electron chi connectivity index (χ3n) is 3.79. The van der Waals surface area contributed by atoms with Gasteiger partial charge >= 0.3 is 5.97 Å². The zero-order chi connectivity index (χ0) is 13.9. The van der Waals surface area contributed by atoms with Crippen molar-refractivity contribution < 1.29 is 9.53 Å². The van der Waals surface area contributed by atoms with Crippen LogP contribution in [0.5, 0.6) is 0 Å². The number of hydrogen-bond donors (Lipinski definition) is 2. The fraction of sp³-hybridized carbons (Fsp3) is 0.467. The summed E-state index contributed by atoms with van der Waals surface area (Å²) in [6, 6.07) is 2.38. The van der Waals surface area contributed by atoms with Gasteiger partial charge in [-0.05, 0) is 25.8 Å². The second kappa shape index (κ2) is 5.53. The Morgan fingerprint density at radius 3 is 3.05 bits per heavy atom. The Morgan fingerprint density at radius 2 is 2.30 bits per heavy atom. The largest absolute Gasteiger partial charge is 0.462 e. The van der Waals surface area contributed by atoms with Gasteiger partial charge < -0.3 is 15.0 Å². The molecule has 0 unspecified atom stereocenters. The van der Waals surface area contributed by atoms with Crippen molar-refractivity contribution in [3.8, 4) is 0 Å². The molecule has 1 aliphatic rings. The SMILES string of the molecule is CCOC(=O)c1cnc2[nH]ccc2c1NC1CCCC1. The molecule has 20 heavy (non-hydrogen) atoms. The van der Waals surface area contributed by atoms with E-state index in [1.54, 1.807) is 6.20 Å². The molecule has 5 heteroatoms. The first-order valence-corrected chi connectivity index (χ1v) is 7.19. The van der Waals surface area contributed by atoms with Gasteiger partial charge in [0.15, 0.2) is 0 Å². The number of ether oxygens (including phenoxy) is 1. The summed E-state index contributed by atoms with van der Waals surface area (Å²) in [5.74, 6) is -0.316. The molecule has 0 aliphatic heterocycles. The molecule has 1 fully saturated rings. The van der Waals surface area contributed by atoms with E-state index in [0.29, 0.717) is 18.2 Å². The first-order valence-electron chi connectivity index (χ1n) is 7.19. The number of nitrogens with one attached hydrogen (secondary N) is 2. The molecule has 2 heterocycles. The molecule has 0 saturated heterocycles. The molecule has 1 aliphatic carbocycles. The van der Waals surface area contributed by atoms with Gasteiger partial charge in [0.2, 0.25) is 0 Å². The smallest absolute Gasteiger partial charge is 0.341 e. The van der Waals surface area contributed by atoms with E-state index in [1.807, 2.05) is 19.2 Å². The van der Waals surface area contributed by atoms with Crippen LogP contribution >= 0.6 is 0 Å². The van der Waals surface area contributed by atoms with Crippen molar-refractivity contribution in [2.45, 2.75) is 38.6 Å². The highest BCUT2D eigenvalue weighted by Gasteiger charge is 2.21. The molecule has 5 nitrogen and oxygen atoms in total. The van der Waals surface area contributed by atoms with Gasteiger partial charge in [-0.15, -0.1) is 0 Å². The zero-order valence-corrected chi connectivity index (χ0v) is 11.6. The molecule has 1 saturated carbocycles. The number of esters is 1. The summed E-state index contributed by atoms with van der Waals surface area (Å²) in [4.78, 5) is 19.5. The molecular weight excluding hydrogens is 254 g/mol. The van der Waals surface area contributed by atoms with Crippen LogP contribution in [0.25, 0.3) is 11.0 Å². The number of anilines is 1. The quantitative estimate of drug-likeness (QED) is 0.840. The Labute approximate surface area is 117 Å². The monoisotopic (exact) mass is 273 g/mol. The number of fused-ring (bicyclic) bond motifs is 1. The predicted octanol–water partition coefficient (Wildman–Crippen LogP) is 3.09. The number of aromatic amines is 1. The van der Waals surface area contributed by atoms with Gasteiger partial charge in [-0.2, -0.15) is 0 Å². The van der Waals surface area contributed by atoms with Gasteiger partial charge in [0.1, 0.15) is 11.2 Å². The number of carbonyl (C=O) groups is 1. The van der Waals surface area contributed by atoms with Crippen molar-refractivity contribution in [2.75, 3.05) is 11.9 Å². The van der Waals surface area contributed by atoms with Crippen LogP contribution < -0.4 is 5.32 Å². The first-order chi connectivity index (χ1) is 9.79. The van der Waals surface area contributed by atoms with Crippen LogP contribution in [-0.2, 0) is 4.74 Å². The minimum absolute atomic E-state index is 0.316. The number of hydrogen-bond acceptors (Lipinski definition) is 4. The van der Waals surface area contributed by atoms with Crippen LogP contribution in [0.15, 0.2) is 18.5 Å². The number of carbonyl (C=O) groups excluding carboxylic acids is 1. The standard InChI is InChI=1S/C15H19N3O2/c1-2-20-15(19)12-9-17-14-11(7-8-16-14)13(12)18-10-5-3-4-6-10/h7-10H,2-6H2,1H3,(H2,16,17,18). The first kappa shape index (κ1) is 13.0. The summed E-state index contributed by atoms with van der Waals surface area (Å²) in [6.45, 7) is 2.18. The van der Waals surface area contributed by atoms with E-state index in [1.165, 1.54) is 12.8 Å². The molecule has 0 bridgehead atoms. The average Bonchev–Trinajstić information content (AvgIpc) is 3.09. The summed E-state index contributed by atoms with van der Waals surface area (Å²) in [5, 5.41) is 4.46. The lowest BCUT2D eigenvalue weighted by Gasteiger charge is -2.17. The molecule has 0 spiro atoms. The number of H-pyrrole nitrogens is 1. The summed E-state index contributed by atoms with van der Waals surface area (Å²) in [6.07, 6.45) is 8.22. The lowest BCUT2D eigenvalue weighted by Crippen LogP contribution is -2.18. The van der Waals surface area contributed by atoms with Crippen molar-refractivity contribution in [2.24, 2.45) is 0 Å². The van der Waals surface area contributed by atoms with Crippen LogP contribution in [0, 0.1) is 0 Å². The van der Waals surface area contributed by atoms with Gasteiger partial charge in [0.05, 0.1) is 12.3 Å². The minimum Gasteiger partial charge on any atom is -0.462 e. The van der Waals surface area contributed by atoms with E-state index in [0.717, 1.165) is 29.6 Å². The highest BCUT2D eigenvalue weighted by atomic mass is 16.5. The van der Waals surface area contributed by atoms with Crippen LogP contribution in [-0.4, -0.2) is 28.6 Å². The molecule has 0 radical (unpaired) electrons. The highest BCUT2D eigenvalue weighted by Crippen LogP contribution is 2.30. The number of rotatable bonds is 4. The summed E-state index contributed by atoms with van der Waals surface area (Å²) < 4.78 is 5.13. The second-order valence-corrected chi connectivity index (χ2v) is 5.13. The van der Waals surface area contributed by atoms with Crippen molar-refractivity contribution in [1.29, 1.82) is 0 Å². The van der Waals surface area contributed by atoms with Gasteiger partial charge in [-0.1, -0.05) is 12.8 Å². The van der Waals surface area contributed by atoms with E-state index in [-0.39, 0.29) is 5.97 Å². The average molecular weight is 273 g/mol. The Kier molecular flexibility index (Phi) is 3.58. The third kappa shape index (κ3) is 2.35. The van der Waals surface area contributed by atoms with E-state index in [4.69, 9.17) is 4.74 Å². The van der Waals surface area contributed by atoms with Crippen LogP contribution in [0.2, 0.25) is 0 Å². The van der Waals surface area contributed by atoms with Gasteiger partial charge in [-0.3, -0.25) is 0 Å². The van der Waals surface area contributed by atoms with Crippen molar-refractivity contribution in [1.82, 2.24) is 9.97 Å². The Bertz CT molecular complexity index is 615. The van der Waals surface area contributed by atoms with Gasteiger partial charge in [0, 0.05) is 23.8 Å². The third-order valence-corrected chi connectivity index (χ3v) is 3.79. The molecule has 106 valence electrons. The second-order valence-electron chi connectivity index (χ2n) is 5.13. The maximum Gasteiger partial charge on any atom is 0.341 e. The molecule has 2 aromatic rings. The summed E-state index contributed by atoms with van der Waals surface area (Å²) in [7, 11) is 0. The highest BCUT2D eigenvalue weighted by molar-refractivity contribution is 6.04. The molecule has 2 N–H and O–H groups in total. The van der Waals surface area contributed by atoms with Crippen molar-refractivity contribution in [3.05, 3.63) is 24.0 Å². The van der Waals surface area contributed by atoms with Crippen LogP contribution in [0.3, 0.4) is 0 Å². The molecule has 0 aromatic carbocycles. The maximum atomic E-state index is 12.1. The molecular formula is C15H19N3O2. The Morgan fingerprint density at radius 1 is 1.50 bits per heavy atom. The molecule has 2 aromatic heterocycles. The van der Waals surface area contributed by atoms with E-state index < -0.39 is 0 Å². The van der Waals surface area contributed by atoms with Gasteiger partial charge in [-0.25, -0.2) is 9.78 Å². The van der Waals surface area contributed by atoms with Crippen molar-refractivity contribution in [3.63, 3.8) is 0 Å². The number of aromatic nitrogens is 2. The fourth-order valence-electron chi connectivity index (χ4n) is 2.80. The fourth-order valence-corrected chi connectivity index (χ4v) is 2.80. The molecule has 3 rings (SSSR count). The van der Waals surface area contributed by atoms with Crippen molar-refractivity contribution >= 4 is 22.7 Å². The Balaban J connectivity index is 2.01. The van der Waals surface area contributed by atoms with Crippen LogP contribution in [0.1, 0.15) is 43.0 Å². The minimum atomic E-state index is -0.316. The van der Waals surface area contributed by atoms with E-state index in [9.17, 15) is 4.79 Å². The number of pyridine rings is 1. The normalized spacial score (nSPS) is 15.7. The Hall–Kier alpha value is -2.04. The summed E-state index contributed by atoms with van der Waals surface area (Å²) >= 11 is 0. The number of nitrogens with zero attached hydrogens (tertiary/aromatic N) is 1. The predicted molar refractivity (Wildman–Crippen MR) is 77.9 cm³/mol. The lowest BCUT2D eigenvalue weighted by atomic mass is 10.1. The topological polar surface area (TPSA) is 67.0 Å².